The fourth-order valence-corrected chi connectivity index (χ4v) is 2.26. The van der Waals surface area contributed by atoms with Gasteiger partial charge in [-0.15, -0.1) is 0 Å². The second-order valence-corrected chi connectivity index (χ2v) is 5.95. The molecule has 0 aliphatic heterocycles. The van der Waals surface area contributed by atoms with E-state index in [1.807, 2.05) is 39.0 Å². The highest BCUT2D eigenvalue weighted by molar-refractivity contribution is 5.95. The topological polar surface area (TPSA) is 49.3 Å². The van der Waals surface area contributed by atoms with Crippen LogP contribution in [-0.4, -0.2) is 11.0 Å². The van der Waals surface area contributed by atoms with Crippen LogP contribution in [-0.2, 0) is 5.54 Å². The van der Waals surface area contributed by atoms with Crippen molar-refractivity contribution in [2.75, 3.05) is 0 Å². The average molecular weight is 283 g/mol. The van der Waals surface area contributed by atoms with Gasteiger partial charge in [0.15, 0.2) is 0 Å². The second kappa shape index (κ2) is 5.60. The molecule has 0 aromatic heterocycles. The molecule has 2 N–H and O–H groups in total. The molecule has 3 heteroatoms. The minimum absolute atomic E-state index is 0.149. The van der Waals surface area contributed by atoms with Gasteiger partial charge in [-0.3, -0.25) is 4.79 Å². The quantitative estimate of drug-likeness (QED) is 0.903. The predicted octanol–water partition coefficient (Wildman–Crippen LogP) is 3.67. The van der Waals surface area contributed by atoms with E-state index in [1.165, 1.54) is 0 Å². The van der Waals surface area contributed by atoms with Crippen LogP contribution in [0.3, 0.4) is 0 Å². The van der Waals surface area contributed by atoms with E-state index in [0.29, 0.717) is 11.1 Å². The van der Waals surface area contributed by atoms with Crippen molar-refractivity contribution in [1.29, 1.82) is 0 Å². The number of amides is 1. The Bertz CT molecular complexity index is 675. The molecule has 0 bridgehead atoms. The van der Waals surface area contributed by atoms with Gasteiger partial charge in [-0.1, -0.05) is 29.8 Å². The SMILES string of the molecule is Cc1cccc(C(C)(C)NC(=O)c2ccc(O)c(C)c2)c1. The van der Waals surface area contributed by atoms with Crippen LogP contribution in [0.1, 0.15) is 40.9 Å². The Morgan fingerprint density at radius 2 is 1.81 bits per heavy atom. The number of phenols is 1. The van der Waals surface area contributed by atoms with Crippen molar-refractivity contribution in [2.45, 2.75) is 33.2 Å². The van der Waals surface area contributed by atoms with E-state index >= 15 is 0 Å². The van der Waals surface area contributed by atoms with Crippen LogP contribution >= 0.6 is 0 Å². The summed E-state index contributed by atoms with van der Waals surface area (Å²) in [4.78, 5) is 12.4. The largest absolute Gasteiger partial charge is 0.508 e. The van der Waals surface area contributed by atoms with Gasteiger partial charge in [0, 0.05) is 5.56 Å². The lowest BCUT2D eigenvalue weighted by Crippen LogP contribution is -2.41. The molecule has 0 saturated carbocycles. The summed E-state index contributed by atoms with van der Waals surface area (Å²) in [5, 5.41) is 12.6. The Hall–Kier alpha value is -2.29. The molecule has 0 radical (unpaired) electrons. The third kappa shape index (κ3) is 3.43. The fraction of sp³-hybridized carbons (Fsp3) is 0.278. The van der Waals surface area contributed by atoms with Gasteiger partial charge in [-0.2, -0.15) is 0 Å². The number of phenolic OH excluding ortho intramolecular Hbond substituents is 1. The van der Waals surface area contributed by atoms with E-state index in [0.717, 1.165) is 11.1 Å². The molecule has 0 heterocycles. The van der Waals surface area contributed by atoms with E-state index in [-0.39, 0.29) is 11.7 Å². The highest BCUT2D eigenvalue weighted by Crippen LogP contribution is 2.22. The first-order valence-corrected chi connectivity index (χ1v) is 6.99. The zero-order chi connectivity index (χ0) is 15.6. The van der Waals surface area contributed by atoms with Crippen LogP contribution in [0.2, 0.25) is 0 Å². The highest BCUT2D eigenvalue weighted by atomic mass is 16.3. The molecule has 0 aliphatic rings. The Morgan fingerprint density at radius 1 is 1.10 bits per heavy atom. The maximum Gasteiger partial charge on any atom is 0.251 e. The van der Waals surface area contributed by atoms with E-state index in [4.69, 9.17) is 0 Å². The summed E-state index contributed by atoms with van der Waals surface area (Å²) in [5.74, 6) is 0.0501. The maximum absolute atomic E-state index is 12.4. The first-order chi connectivity index (χ1) is 9.79. The minimum atomic E-state index is -0.463. The molecule has 0 spiro atoms. The number of aryl methyl sites for hydroxylation is 2. The van der Waals surface area contributed by atoms with Gasteiger partial charge >= 0.3 is 0 Å². The van der Waals surface area contributed by atoms with Crippen molar-refractivity contribution in [3.8, 4) is 5.75 Å². The van der Waals surface area contributed by atoms with Crippen LogP contribution in [0.4, 0.5) is 0 Å². The number of benzene rings is 2. The summed E-state index contributed by atoms with van der Waals surface area (Å²) in [5.41, 5.74) is 3.00. The Balaban J connectivity index is 2.23. The molecule has 0 aliphatic carbocycles. The van der Waals surface area contributed by atoms with Crippen LogP contribution in [0.15, 0.2) is 42.5 Å². The molecule has 0 unspecified atom stereocenters. The summed E-state index contributed by atoms with van der Waals surface area (Å²) in [7, 11) is 0. The summed E-state index contributed by atoms with van der Waals surface area (Å²) >= 11 is 0. The maximum atomic E-state index is 12.4. The zero-order valence-corrected chi connectivity index (χ0v) is 12.9. The number of carbonyl (C=O) groups is 1. The summed E-state index contributed by atoms with van der Waals surface area (Å²) < 4.78 is 0. The Labute approximate surface area is 125 Å². The molecule has 3 nitrogen and oxygen atoms in total. The molecule has 0 fully saturated rings. The smallest absolute Gasteiger partial charge is 0.251 e. The Morgan fingerprint density at radius 3 is 2.43 bits per heavy atom. The van der Waals surface area contributed by atoms with Crippen LogP contribution in [0.25, 0.3) is 0 Å². The van der Waals surface area contributed by atoms with E-state index in [2.05, 4.69) is 11.4 Å². The standard InChI is InChI=1S/C18H21NO2/c1-12-6-5-7-15(10-12)18(3,4)19-17(21)14-8-9-16(20)13(2)11-14/h5-11,20H,1-4H3,(H,19,21). The molecule has 1 amide bonds. The fourth-order valence-electron chi connectivity index (χ4n) is 2.26. The molecular formula is C18H21NO2. The van der Waals surface area contributed by atoms with Gasteiger partial charge in [-0.25, -0.2) is 0 Å². The average Bonchev–Trinajstić information content (AvgIpc) is 2.41. The van der Waals surface area contributed by atoms with Crippen LogP contribution < -0.4 is 5.32 Å². The van der Waals surface area contributed by atoms with Crippen molar-refractivity contribution < 1.29 is 9.90 Å². The monoisotopic (exact) mass is 283 g/mol. The van der Waals surface area contributed by atoms with Crippen LogP contribution in [0.5, 0.6) is 5.75 Å². The third-order valence-corrected chi connectivity index (χ3v) is 3.62. The lowest BCUT2D eigenvalue weighted by molar-refractivity contribution is 0.0912. The van der Waals surface area contributed by atoms with Crippen molar-refractivity contribution in [2.24, 2.45) is 0 Å². The van der Waals surface area contributed by atoms with Crippen molar-refractivity contribution >= 4 is 5.91 Å². The summed E-state index contributed by atoms with van der Waals surface area (Å²) in [6.45, 7) is 7.77. The molecule has 2 aromatic carbocycles. The second-order valence-electron chi connectivity index (χ2n) is 5.95. The molecule has 21 heavy (non-hydrogen) atoms. The minimum Gasteiger partial charge on any atom is -0.508 e. The van der Waals surface area contributed by atoms with Crippen molar-refractivity contribution in [3.63, 3.8) is 0 Å². The third-order valence-electron chi connectivity index (χ3n) is 3.62. The number of aromatic hydroxyl groups is 1. The van der Waals surface area contributed by atoms with E-state index in [9.17, 15) is 9.90 Å². The zero-order valence-electron chi connectivity index (χ0n) is 12.9. The number of nitrogens with one attached hydrogen (secondary N) is 1. The molecule has 0 saturated heterocycles. The highest BCUT2D eigenvalue weighted by Gasteiger charge is 2.23. The van der Waals surface area contributed by atoms with E-state index < -0.39 is 5.54 Å². The lowest BCUT2D eigenvalue weighted by atomic mass is 9.92. The number of carbonyl (C=O) groups excluding carboxylic acids is 1. The molecule has 110 valence electrons. The molecule has 2 rings (SSSR count). The van der Waals surface area contributed by atoms with Gasteiger partial charge in [-0.05, 0) is 57.0 Å². The van der Waals surface area contributed by atoms with Gasteiger partial charge in [0.05, 0.1) is 5.54 Å². The van der Waals surface area contributed by atoms with Gasteiger partial charge in [0.2, 0.25) is 0 Å². The van der Waals surface area contributed by atoms with Gasteiger partial charge < -0.3 is 10.4 Å². The lowest BCUT2D eigenvalue weighted by Gasteiger charge is -2.27. The number of rotatable bonds is 3. The summed E-state index contributed by atoms with van der Waals surface area (Å²) in [6.07, 6.45) is 0. The first kappa shape index (κ1) is 15.1. The van der Waals surface area contributed by atoms with E-state index in [1.54, 1.807) is 25.1 Å². The first-order valence-electron chi connectivity index (χ1n) is 6.99. The normalized spacial score (nSPS) is 11.2. The number of hydrogen-bond donors (Lipinski definition) is 2. The van der Waals surface area contributed by atoms with Gasteiger partial charge in [0.1, 0.15) is 5.75 Å². The van der Waals surface area contributed by atoms with Gasteiger partial charge in [0.25, 0.3) is 5.91 Å². The van der Waals surface area contributed by atoms with Crippen LogP contribution in [0, 0.1) is 13.8 Å². The number of hydrogen-bond acceptors (Lipinski definition) is 2. The summed E-state index contributed by atoms with van der Waals surface area (Å²) in [6, 6.07) is 13.0. The molecule has 2 aromatic rings. The Kier molecular flexibility index (Phi) is 4.03. The van der Waals surface area contributed by atoms with Crippen molar-refractivity contribution in [1.82, 2.24) is 5.32 Å². The molecule has 0 atom stereocenters. The predicted molar refractivity (Wildman–Crippen MR) is 84.5 cm³/mol. The van der Waals surface area contributed by atoms with Crippen molar-refractivity contribution in [3.05, 3.63) is 64.7 Å². The molecular weight excluding hydrogens is 262 g/mol.